The fourth-order valence-corrected chi connectivity index (χ4v) is 2.06. The Morgan fingerprint density at radius 3 is 2.38 bits per heavy atom. The molecule has 5 N–H and O–H groups in total. The summed E-state index contributed by atoms with van der Waals surface area (Å²) in [6, 6.07) is 5.52. The number of aromatic nitrogens is 2. The maximum absolute atomic E-state index is 12.0. The first-order valence-electron chi connectivity index (χ1n) is 7.42. The molecular weight excluding hydrogens is 312 g/mol. The molecule has 0 saturated heterocycles. The third kappa shape index (κ3) is 3.98. The quantitative estimate of drug-likeness (QED) is 0.552. The molecule has 0 spiro atoms. The smallest absolute Gasteiger partial charge is 0.251 e. The van der Waals surface area contributed by atoms with Crippen molar-refractivity contribution in [3.05, 3.63) is 42.2 Å². The Morgan fingerprint density at radius 1 is 1.21 bits per heavy atom. The summed E-state index contributed by atoms with van der Waals surface area (Å²) in [7, 11) is 0. The van der Waals surface area contributed by atoms with Crippen LogP contribution in [0.3, 0.4) is 0 Å². The Balaban J connectivity index is 2.12. The van der Waals surface area contributed by atoms with Crippen LogP contribution in [0.5, 0.6) is 0 Å². The van der Waals surface area contributed by atoms with Gasteiger partial charge in [0.2, 0.25) is 5.91 Å². The van der Waals surface area contributed by atoms with Gasteiger partial charge < -0.3 is 21.3 Å². The zero-order chi connectivity index (χ0) is 17.7. The van der Waals surface area contributed by atoms with E-state index in [2.05, 4.69) is 10.4 Å². The minimum atomic E-state index is -0.689. The van der Waals surface area contributed by atoms with Crippen molar-refractivity contribution in [3.8, 4) is 11.1 Å². The molecule has 1 atom stereocenters. The first-order chi connectivity index (χ1) is 11.5. The van der Waals surface area contributed by atoms with Crippen molar-refractivity contribution >= 4 is 11.8 Å². The van der Waals surface area contributed by atoms with Gasteiger partial charge in [-0.05, 0) is 24.6 Å². The lowest BCUT2D eigenvalue weighted by atomic mass is 10.1. The Hall–Kier alpha value is -2.71. The number of aliphatic hydroxyl groups excluding tert-OH is 2. The minimum absolute atomic E-state index is 0.336. The first-order valence-corrected chi connectivity index (χ1v) is 7.42. The monoisotopic (exact) mass is 332 g/mol. The Bertz CT molecular complexity index is 707. The third-order valence-electron chi connectivity index (χ3n) is 3.67. The number of benzene rings is 1. The largest absolute Gasteiger partial charge is 0.394 e. The lowest BCUT2D eigenvalue weighted by Crippen LogP contribution is -2.40. The van der Waals surface area contributed by atoms with E-state index in [1.807, 2.05) is 0 Å². The zero-order valence-electron chi connectivity index (χ0n) is 13.2. The molecule has 0 saturated carbocycles. The van der Waals surface area contributed by atoms with Crippen molar-refractivity contribution in [2.24, 2.45) is 5.73 Å². The number of nitrogens with zero attached hydrogens (tertiary/aromatic N) is 2. The van der Waals surface area contributed by atoms with E-state index < -0.39 is 18.0 Å². The average molecular weight is 332 g/mol. The summed E-state index contributed by atoms with van der Waals surface area (Å²) in [5, 5.41) is 24.6. The molecule has 1 aromatic heterocycles. The number of nitrogens with two attached hydrogens (primary N) is 1. The van der Waals surface area contributed by atoms with Crippen molar-refractivity contribution < 1.29 is 19.8 Å². The predicted molar refractivity (Wildman–Crippen MR) is 87.0 cm³/mol. The summed E-state index contributed by atoms with van der Waals surface area (Å²) in [6.07, 6.45) is 3.32. The molecule has 0 fully saturated rings. The Kier molecular flexibility index (Phi) is 5.67. The molecule has 2 rings (SSSR count). The van der Waals surface area contributed by atoms with Gasteiger partial charge in [0, 0.05) is 17.3 Å². The SMILES string of the molecule is C[C@@H](C(N)=O)n1cc(-c2ccc(C(=O)NC(CO)CO)cc2)cn1. The van der Waals surface area contributed by atoms with Crippen LogP contribution in [-0.4, -0.2) is 51.1 Å². The minimum Gasteiger partial charge on any atom is -0.394 e. The number of nitrogens with one attached hydrogen (secondary N) is 1. The predicted octanol–water partition coefficient (Wildman–Crippen LogP) is -0.321. The van der Waals surface area contributed by atoms with E-state index >= 15 is 0 Å². The topological polar surface area (TPSA) is 130 Å². The molecule has 128 valence electrons. The number of carbonyl (C=O) groups is 2. The van der Waals surface area contributed by atoms with E-state index in [1.54, 1.807) is 43.6 Å². The van der Waals surface area contributed by atoms with Crippen molar-refractivity contribution in [1.82, 2.24) is 15.1 Å². The van der Waals surface area contributed by atoms with Crippen molar-refractivity contribution in [2.45, 2.75) is 19.0 Å². The summed E-state index contributed by atoms with van der Waals surface area (Å²) >= 11 is 0. The lowest BCUT2D eigenvalue weighted by Gasteiger charge is -2.13. The van der Waals surface area contributed by atoms with Crippen LogP contribution >= 0.6 is 0 Å². The molecule has 0 aliphatic rings. The highest BCUT2D eigenvalue weighted by molar-refractivity contribution is 5.94. The van der Waals surface area contributed by atoms with Crippen LogP contribution in [0, 0.1) is 0 Å². The van der Waals surface area contributed by atoms with E-state index in [4.69, 9.17) is 15.9 Å². The van der Waals surface area contributed by atoms with Crippen LogP contribution in [-0.2, 0) is 4.79 Å². The molecule has 0 aliphatic heterocycles. The fourth-order valence-electron chi connectivity index (χ4n) is 2.06. The summed E-state index contributed by atoms with van der Waals surface area (Å²) in [6.45, 7) is 0.987. The Labute approximate surface area is 138 Å². The molecule has 2 aromatic rings. The number of carbonyl (C=O) groups excluding carboxylic acids is 2. The van der Waals surface area contributed by atoms with Gasteiger partial charge in [0.1, 0.15) is 6.04 Å². The maximum atomic E-state index is 12.0. The van der Waals surface area contributed by atoms with E-state index in [1.165, 1.54) is 4.68 Å². The van der Waals surface area contributed by atoms with Gasteiger partial charge >= 0.3 is 0 Å². The molecule has 0 aliphatic carbocycles. The summed E-state index contributed by atoms with van der Waals surface area (Å²) in [4.78, 5) is 23.2. The number of aliphatic hydroxyl groups is 2. The standard InChI is InChI=1S/C16H20N4O4/c1-10(15(17)23)20-7-13(6-18-20)11-2-4-12(5-3-11)16(24)19-14(8-21)9-22/h2-7,10,14,21-22H,8-9H2,1H3,(H2,17,23)(H,19,24)/t10-/m0/s1. The summed E-state index contributed by atoms with van der Waals surface area (Å²) < 4.78 is 1.48. The van der Waals surface area contributed by atoms with Crippen LogP contribution in [0.25, 0.3) is 11.1 Å². The number of rotatable bonds is 7. The van der Waals surface area contributed by atoms with Crippen LogP contribution in [0.2, 0.25) is 0 Å². The maximum Gasteiger partial charge on any atom is 0.251 e. The van der Waals surface area contributed by atoms with Gasteiger partial charge in [0.25, 0.3) is 5.91 Å². The van der Waals surface area contributed by atoms with Gasteiger partial charge in [-0.3, -0.25) is 14.3 Å². The number of hydrogen-bond donors (Lipinski definition) is 4. The summed E-state index contributed by atoms with van der Waals surface area (Å²) in [5.41, 5.74) is 7.28. The van der Waals surface area contributed by atoms with Gasteiger partial charge in [0.05, 0.1) is 25.5 Å². The molecule has 1 aromatic carbocycles. The van der Waals surface area contributed by atoms with E-state index in [0.717, 1.165) is 11.1 Å². The Morgan fingerprint density at radius 2 is 1.83 bits per heavy atom. The van der Waals surface area contributed by atoms with Crippen LogP contribution in [0.1, 0.15) is 23.3 Å². The molecule has 0 bridgehead atoms. The second-order valence-electron chi connectivity index (χ2n) is 5.40. The van der Waals surface area contributed by atoms with E-state index in [-0.39, 0.29) is 19.1 Å². The number of hydrogen-bond acceptors (Lipinski definition) is 5. The van der Waals surface area contributed by atoms with Gasteiger partial charge in [-0.15, -0.1) is 0 Å². The molecule has 8 nitrogen and oxygen atoms in total. The highest BCUT2D eigenvalue weighted by Crippen LogP contribution is 2.20. The zero-order valence-corrected chi connectivity index (χ0v) is 13.2. The van der Waals surface area contributed by atoms with Gasteiger partial charge in [0.15, 0.2) is 0 Å². The first kappa shape index (κ1) is 17.6. The molecule has 2 amide bonds. The van der Waals surface area contributed by atoms with Crippen molar-refractivity contribution in [3.63, 3.8) is 0 Å². The molecule has 0 unspecified atom stereocenters. The average Bonchev–Trinajstić information content (AvgIpc) is 3.08. The second kappa shape index (κ2) is 7.71. The highest BCUT2D eigenvalue weighted by Gasteiger charge is 2.14. The van der Waals surface area contributed by atoms with Crippen LogP contribution in [0.15, 0.2) is 36.7 Å². The number of primary amides is 1. The van der Waals surface area contributed by atoms with Gasteiger partial charge in [-0.2, -0.15) is 5.10 Å². The fraction of sp³-hybridized carbons (Fsp3) is 0.312. The van der Waals surface area contributed by atoms with E-state index in [0.29, 0.717) is 5.56 Å². The van der Waals surface area contributed by atoms with Gasteiger partial charge in [-0.1, -0.05) is 12.1 Å². The summed E-state index contributed by atoms with van der Waals surface area (Å²) in [5.74, 6) is -0.855. The lowest BCUT2D eigenvalue weighted by molar-refractivity contribution is -0.120. The van der Waals surface area contributed by atoms with Crippen LogP contribution in [0.4, 0.5) is 0 Å². The van der Waals surface area contributed by atoms with Gasteiger partial charge in [-0.25, -0.2) is 0 Å². The van der Waals surface area contributed by atoms with E-state index in [9.17, 15) is 9.59 Å². The van der Waals surface area contributed by atoms with Crippen molar-refractivity contribution in [1.29, 1.82) is 0 Å². The highest BCUT2D eigenvalue weighted by atomic mass is 16.3. The third-order valence-corrected chi connectivity index (χ3v) is 3.67. The second-order valence-corrected chi connectivity index (χ2v) is 5.40. The molecule has 24 heavy (non-hydrogen) atoms. The number of amides is 2. The van der Waals surface area contributed by atoms with Crippen molar-refractivity contribution in [2.75, 3.05) is 13.2 Å². The molecule has 0 radical (unpaired) electrons. The molecular formula is C16H20N4O4. The molecule has 1 heterocycles. The molecule has 8 heteroatoms. The van der Waals surface area contributed by atoms with Crippen LogP contribution < -0.4 is 11.1 Å². The normalized spacial score (nSPS) is 12.2.